The number of nitrogens with one attached hydrogen (secondary N) is 1. The number of hydrogen-bond acceptors (Lipinski definition) is 4. The average molecular weight is 416 g/mol. The first-order valence-electron chi connectivity index (χ1n) is 10.0. The van der Waals surface area contributed by atoms with Gasteiger partial charge in [-0.05, 0) is 36.6 Å². The van der Waals surface area contributed by atoms with E-state index in [-0.39, 0.29) is 18.2 Å². The van der Waals surface area contributed by atoms with Crippen molar-refractivity contribution in [1.82, 2.24) is 9.62 Å². The summed E-state index contributed by atoms with van der Waals surface area (Å²) in [5.74, 6) is -0.178. The zero-order valence-electron chi connectivity index (χ0n) is 16.9. The van der Waals surface area contributed by atoms with E-state index in [0.29, 0.717) is 39.0 Å². The molecule has 0 radical (unpaired) electrons. The molecule has 0 aliphatic carbocycles. The van der Waals surface area contributed by atoms with Crippen molar-refractivity contribution >= 4 is 21.6 Å². The minimum atomic E-state index is -3.37. The van der Waals surface area contributed by atoms with Gasteiger partial charge in [0.25, 0.3) is 0 Å². The van der Waals surface area contributed by atoms with Crippen molar-refractivity contribution in [3.63, 3.8) is 0 Å². The molecule has 1 aliphatic heterocycles. The van der Waals surface area contributed by atoms with Gasteiger partial charge in [0.15, 0.2) is 0 Å². The van der Waals surface area contributed by atoms with Crippen LogP contribution in [0.15, 0.2) is 54.6 Å². The molecule has 1 aliphatic rings. The van der Waals surface area contributed by atoms with Crippen LogP contribution in [-0.4, -0.2) is 57.1 Å². The van der Waals surface area contributed by atoms with E-state index < -0.39 is 10.0 Å². The Labute approximate surface area is 173 Å². The van der Waals surface area contributed by atoms with Gasteiger partial charge in [0.1, 0.15) is 0 Å². The van der Waals surface area contributed by atoms with Crippen molar-refractivity contribution in [3.05, 3.63) is 65.7 Å². The van der Waals surface area contributed by atoms with Gasteiger partial charge in [-0.1, -0.05) is 42.5 Å². The van der Waals surface area contributed by atoms with Gasteiger partial charge in [-0.15, -0.1) is 0 Å². The molecule has 0 aromatic heterocycles. The number of aryl methyl sites for hydroxylation is 2. The van der Waals surface area contributed by atoms with E-state index in [4.69, 9.17) is 0 Å². The molecule has 6 nitrogen and oxygen atoms in total. The van der Waals surface area contributed by atoms with Crippen LogP contribution in [0.3, 0.4) is 0 Å². The SMILES string of the molecule is Cc1cccc(N2CCN(S(=O)(=O)CCNC(=O)CCc3ccccc3)CC2)c1. The fraction of sp³-hybridized carbons (Fsp3) is 0.409. The van der Waals surface area contributed by atoms with Gasteiger partial charge in [-0.25, -0.2) is 8.42 Å². The predicted octanol–water partition coefficient (Wildman–Crippen LogP) is 2.20. The number of anilines is 1. The molecule has 0 atom stereocenters. The first kappa shape index (κ1) is 21.3. The lowest BCUT2D eigenvalue weighted by Gasteiger charge is -2.35. The summed E-state index contributed by atoms with van der Waals surface area (Å²) in [6, 6.07) is 18.0. The van der Waals surface area contributed by atoms with Gasteiger partial charge in [-0.2, -0.15) is 4.31 Å². The van der Waals surface area contributed by atoms with E-state index in [0.717, 1.165) is 11.3 Å². The van der Waals surface area contributed by atoms with E-state index in [2.05, 4.69) is 35.3 Å². The highest BCUT2D eigenvalue weighted by atomic mass is 32.2. The lowest BCUT2D eigenvalue weighted by molar-refractivity contribution is -0.120. The van der Waals surface area contributed by atoms with Gasteiger partial charge in [0.2, 0.25) is 15.9 Å². The fourth-order valence-corrected chi connectivity index (χ4v) is 4.83. The lowest BCUT2D eigenvalue weighted by Crippen LogP contribution is -2.50. The Morgan fingerprint density at radius 3 is 2.41 bits per heavy atom. The molecule has 0 unspecified atom stereocenters. The highest BCUT2D eigenvalue weighted by Crippen LogP contribution is 2.19. The summed E-state index contributed by atoms with van der Waals surface area (Å²) in [4.78, 5) is 14.2. The summed E-state index contributed by atoms with van der Waals surface area (Å²) in [6.07, 6.45) is 1.01. The first-order valence-corrected chi connectivity index (χ1v) is 11.6. The van der Waals surface area contributed by atoms with Crippen molar-refractivity contribution in [2.24, 2.45) is 0 Å². The fourth-order valence-electron chi connectivity index (χ4n) is 3.49. The molecule has 0 spiro atoms. The third-order valence-electron chi connectivity index (χ3n) is 5.16. The summed E-state index contributed by atoms with van der Waals surface area (Å²) in [5, 5.41) is 2.73. The second-order valence-corrected chi connectivity index (χ2v) is 9.47. The molecule has 29 heavy (non-hydrogen) atoms. The predicted molar refractivity (Wildman–Crippen MR) is 117 cm³/mol. The Kier molecular flexibility index (Phi) is 7.28. The van der Waals surface area contributed by atoms with Crippen LogP contribution in [0.4, 0.5) is 5.69 Å². The molecule has 1 N–H and O–H groups in total. The molecule has 156 valence electrons. The number of benzene rings is 2. The topological polar surface area (TPSA) is 69.7 Å². The molecule has 0 saturated carbocycles. The van der Waals surface area contributed by atoms with Gasteiger partial charge in [0, 0.05) is 44.8 Å². The van der Waals surface area contributed by atoms with E-state index in [9.17, 15) is 13.2 Å². The Morgan fingerprint density at radius 1 is 1.00 bits per heavy atom. The molecule has 2 aromatic rings. The van der Waals surface area contributed by atoms with Crippen LogP contribution < -0.4 is 10.2 Å². The van der Waals surface area contributed by atoms with E-state index >= 15 is 0 Å². The van der Waals surface area contributed by atoms with Gasteiger partial charge < -0.3 is 10.2 Å². The minimum absolute atomic E-state index is 0.0610. The molecule has 0 bridgehead atoms. The molecule has 1 heterocycles. The largest absolute Gasteiger partial charge is 0.369 e. The van der Waals surface area contributed by atoms with Gasteiger partial charge in [0.05, 0.1) is 5.75 Å². The molecule has 1 saturated heterocycles. The van der Waals surface area contributed by atoms with Crippen molar-refractivity contribution in [3.8, 4) is 0 Å². The number of carbonyl (C=O) groups excluding carboxylic acids is 1. The molecular weight excluding hydrogens is 386 g/mol. The lowest BCUT2D eigenvalue weighted by atomic mass is 10.1. The van der Waals surface area contributed by atoms with Crippen LogP contribution >= 0.6 is 0 Å². The third-order valence-corrected chi connectivity index (χ3v) is 7.04. The monoisotopic (exact) mass is 415 g/mol. The number of rotatable bonds is 8. The van der Waals surface area contributed by atoms with Gasteiger partial charge in [-0.3, -0.25) is 4.79 Å². The Hall–Kier alpha value is -2.38. The van der Waals surface area contributed by atoms with Gasteiger partial charge >= 0.3 is 0 Å². The quantitative estimate of drug-likeness (QED) is 0.718. The number of sulfonamides is 1. The minimum Gasteiger partial charge on any atom is -0.369 e. The van der Waals surface area contributed by atoms with Crippen LogP contribution in [0.5, 0.6) is 0 Å². The second kappa shape index (κ2) is 9.89. The molecule has 2 aromatic carbocycles. The van der Waals surface area contributed by atoms with Crippen LogP contribution in [0.25, 0.3) is 0 Å². The number of piperazine rings is 1. The number of carbonyl (C=O) groups is 1. The molecule has 7 heteroatoms. The summed E-state index contributed by atoms with van der Waals surface area (Å²) in [5.41, 5.74) is 3.43. The average Bonchev–Trinajstić information content (AvgIpc) is 2.73. The molecule has 3 rings (SSSR count). The zero-order valence-corrected chi connectivity index (χ0v) is 17.7. The molecular formula is C22H29N3O3S. The van der Waals surface area contributed by atoms with E-state index in [1.165, 1.54) is 9.87 Å². The summed E-state index contributed by atoms with van der Waals surface area (Å²) in [6.45, 7) is 4.49. The van der Waals surface area contributed by atoms with Crippen molar-refractivity contribution in [1.29, 1.82) is 0 Å². The standard InChI is InChI=1S/C22H29N3O3S/c1-19-6-5-9-21(18-19)24-13-15-25(16-14-24)29(27,28)17-12-23-22(26)11-10-20-7-3-2-4-8-20/h2-9,18H,10-17H2,1H3,(H,23,26). The van der Waals surface area contributed by atoms with Crippen LogP contribution in [0.2, 0.25) is 0 Å². The maximum atomic E-state index is 12.6. The smallest absolute Gasteiger partial charge is 0.220 e. The number of hydrogen-bond donors (Lipinski definition) is 1. The summed E-state index contributed by atoms with van der Waals surface area (Å²) >= 11 is 0. The van der Waals surface area contributed by atoms with Crippen LogP contribution in [0.1, 0.15) is 17.5 Å². The maximum Gasteiger partial charge on any atom is 0.220 e. The number of amides is 1. The van der Waals surface area contributed by atoms with Crippen LogP contribution in [0, 0.1) is 6.92 Å². The van der Waals surface area contributed by atoms with Crippen molar-refractivity contribution in [2.75, 3.05) is 43.4 Å². The Morgan fingerprint density at radius 2 is 1.72 bits per heavy atom. The normalized spacial score (nSPS) is 15.3. The third kappa shape index (κ3) is 6.30. The summed E-state index contributed by atoms with van der Waals surface area (Å²) < 4.78 is 26.7. The first-order chi connectivity index (χ1) is 13.9. The van der Waals surface area contributed by atoms with Crippen LogP contribution in [-0.2, 0) is 21.2 Å². The van der Waals surface area contributed by atoms with E-state index in [1.807, 2.05) is 36.4 Å². The number of nitrogens with zero attached hydrogens (tertiary/aromatic N) is 2. The molecule has 1 amide bonds. The van der Waals surface area contributed by atoms with Crippen molar-refractivity contribution < 1.29 is 13.2 Å². The van der Waals surface area contributed by atoms with Crippen molar-refractivity contribution in [2.45, 2.75) is 19.8 Å². The highest BCUT2D eigenvalue weighted by Gasteiger charge is 2.26. The Balaban J connectivity index is 1.40. The van der Waals surface area contributed by atoms with E-state index in [1.54, 1.807) is 0 Å². The molecule has 1 fully saturated rings. The highest BCUT2D eigenvalue weighted by molar-refractivity contribution is 7.89. The maximum absolute atomic E-state index is 12.6. The zero-order chi connectivity index (χ0) is 20.7. The second-order valence-electron chi connectivity index (χ2n) is 7.38. The summed E-state index contributed by atoms with van der Waals surface area (Å²) in [7, 11) is -3.37. The Bertz CT molecular complexity index is 908.